The van der Waals surface area contributed by atoms with Gasteiger partial charge < -0.3 is 4.74 Å². The molecular formula is C17H21N3O2S. The molecule has 3 rings (SSSR count). The lowest BCUT2D eigenvalue weighted by Gasteiger charge is -2.23. The summed E-state index contributed by atoms with van der Waals surface area (Å²) in [6.07, 6.45) is 0.386. The van der Waals surface area contributed by atoms with Crippen LogP contribution in [0.4, 0.5) is 5.13 Å². The Hall–Kier alpha value is -1.92. The van der Waals surface area contributed by atoms with E-state index >= 15 is 0 Å². The highest BCUT2D eigenvalue weighted by Gasteiger charge is 2.22. The molecule has 2 heterocycles. The molecular weight excluding hydrogens is 310 g/mol. The molecule has 2 aromatic rings. The van der Waals surface area contributed by atoms with Crippen molar-refractivity contribution in [3.63, 3.8) is 0 Å². The molecule has 5 nitrogen and oxygen atoms in total. The lowest BCUT2D eigenvalue weighted by molar-refractivity contribution is -0.122. The van der Waals surface area contributed by atoms with Crippen molar-refractivity contribution in [3.05, 3.63) is 40.9 Å². The number of aromatic nitrogens is 1. The van der Waals surface area contributed by atoms with Crippen molar-refractivity contribution < 1.29 is 9.53 Å². The van der Waals surface area contributed by atoms with Crippen LogP contribution in [0.25, 0.3) is 0 Å². The SMILES string of the molecule is CCN1CCc2nc(NC(=O)C(C)Oc3ccccc3)sc2C1. The number of ether oxygens (including phenoxy) is 1. The second kappa shape index (κ2) is 7.10. The first-order valence-corrected chi connectivity index (χ1v) is 8.71. The van der Waals surface area contributed by atoms with Crippen LogP contribution in [-0.4, -0.2) is 35.0 Å². The standard InChI is InChI=1S/C17H21N3O2S/c1-3-20-10-9-14-15(11-20)23-17(18-14)19-16(21)12(2)22-13-7-5-4-6-8-13/h4-8,12H,3,9-11H2,1-2H3,(H,18,19,21). The molecule has 1 aromatic heterocycles. The quantitative estimate of drug-likeness (QED) is 0.915. The minimum Gasteiger partial charge on any atom is -0.481 e. The average molecular weight is 331 g/mol. The van der Waals surface area contributed by atoms with Gasteiger partial charge in [-0.15, -0.1) is 11.3 Å². The number of amides is 1. The van der Waals surface area contributed by atoms with Crippen molar-refractivity contribution in [1.29, 1.82) is 0 Å². The van der Waals surface area contributed by atoms with Gasteiger partial charge in [-0.3, -0.25) is 15.0 Å². The van der Waals surface area contributed by atoms with E-state index in [-0.39, 0.29) is 5.91 Å². The van der Waals surface area contributed by atoms with Gasteiger partial charge in [-0.1, -0.05) is 25.1 Å². The third kappa shape index (κ3) is 3.89. The second-order valence-corrected chi connectivity index (χ2v) is 6.65. The summed E-state index contributed by atoms with van der Waals surface area (Å²) in [5, 5.41) is 3.54. The molecule has 1 aliphatic rings. The summed E-state index contributed by atoms with van der Waals surface area (Å²) < 4.78 is 5.64. The summed E-state index contributed by atoms with van der Waals surface area (Å²) in [6, 6.07) is 9.36. The number of likely N-dealkylation sites (N-methyl/N-ethyl adjacent to an activating group) is 1. The summed E-state index contributed by atoms with van der Waals surface area (Å²) in [5.41, 5.74) is 1.12. The van der Waals surface area contributed by atoms with Crippen LogP contribution in [0.2, 0.25) is 0 Å². The van der Waals surface area contributed by atoms with Crippen LogP contribution in [0.1, 0.15) is 24.4 Å². The number of hydrogen-bond acceptors (Lipinski definition) is 5. The zero-order valence-corrected chi connectivity index (χ0v) is 14.2. The van der Waals surface area contributed by atoms with E-state index in [9.17, 15) is 4.79 Å². The molecule has 0 aliphatic carbocycles. The van der Waals surface area contributed by atoms with Gasteiger partial charge in [0.05, 0.1) is 5.69 Å². The van der Waals surface area contributed by atoms with Crippen molar-refractivity contribution >= 4 is 22.4 Å². The smallest absolute Gasteiger partial charge is 0.266 e. The maximum atomic E-state index is 12.3. The summed E-state index contributed by atoms with van der Waals surface area (Å²) in [7, 11) is 0. The van der Waals surface area contributed by atoms with Gasteiger partial charge in [-0.05, 0) is 25.6 Å². The fourth-order valence-corrected chi connectivity index (χ4v) is 3.59. The van der Waals surface area contributed by atoms with Gasteiger partial charge in [0.25, 0.3) is 5.91 Å². The monoisotopic (exact) mass is 331 g/mol. The van der Waals surface area contributed by atoms with Crippen LogP contribution >= 0.6 is 11.3 Å². The van der Waals surface area contributed by atoms with E-state index in [0.717, 1.165) is 31.7 Å². The molecule has 0 saturated carbocycles. The normalized spacial score (nSPS) is 15.7. The fourth-order valence-electron chi connectivity index (χ4n) is 2.54. The van der Waals surface area contributed by atoms with Gasteiger partial charge in [0.2, 0.25) is 0 Å². The first-order valence-electron chi connectivity index (χ1n) is 7.89. The van der Waals surface area contributed by atoms with Gasteiger partial charge in [-0.2, -0.15) is 0 Å². The van der Waals surface area contributed by atoms with Crippen LogP contribution in [0.5, 0.6) is 5.75 Å². The summed E-state index contributed by atoms with van der Waals surface area (Å²) >= 11 is 1.57. The first-order chi connectivity index (χ1) is 11.2. The van der Waals surface area contributed by atoms with Gasteiger partial charge in [-0.25, -0.2) is 4.98 Å². The van der Waals surface area contributed by atoms with E-state index in [4.69, 9.17) is 4.74 Å². The molecule has 1 unspecified atom stereocenters. The highest BCUT2D eigenvalue weighted by Crippen LogP contribution is 2.28. The number of para-hydroxylation sites is 1. The lowest BCUT2D eigenvalue weighted by atomic mass is 10.2. The number of fused-ring (bicyclic) bond motifs is 1. The van der Waals surface area contributed by atoms with E-state index in [1.807, 2.05) is 30.3 Å². The molecule has 23 heavy (non-hydrogen) atoms. The summed E-state index contributed by atoms with van der Waals surface area (Å²) in [6.45, 7) is 6.91. The molecule has 1 N–H and O–H groups in total. The largest absolute Gasteiger partial charge is 0.481 e. The summed E-state index contributed by atoms with van der Waals surface area (Å²) in [4.78, 5) is 20.5. The minimum absolute atomic E-state index is 0.174. The van der Waals surface area contributed by atoms with E-state index < -0.39 is 6.10 Å². The molecule has 0 fully saturated rings. The topological polar surface area (TPSA) is 54.5 Å². The predicted octanol–water partition coefficient (Wildman–Crippen LogP) is 2.93. The van der Waals surface area contributed by atoms with Crippen LogP contribution < -0.4 is 10.1 Å². The molecule has 0 radical (unpaired) electrons. The van der Waals surface area contributed by atoms with Crippen molar-refractivity contribution in [2.24, 2.45) is 0 Å². The van der Waals surface area contributed by atoms with Crippen molar-refractivity contribution in [1.82, 2.24) is 9.88 Å². The molecule has 1 atom stereocenters. The van der Waals surface area contributed by atoms with Gasteiger partial charge in [0.15, 0.2) is 11.2 Å². The Kier molecular flexibility index (Phi) is 4.93. The first kappa shape index (κ1) is 16.0. The molecule has 0 spiro atoms. The number of nitrogens with one attached hydrogen (secondary N) is 1. The van der Waals surface area contributed by atoms with Crippen molar-refractivity contribution in [3.8, 4) is 5.75 Å². The average Bonchev–Trinajstić information content (AvgIpc) is 2.96. The maximum Gasteiger partial charge on any atom is 0.266 e. The Morgan fingerprint density at radius 2 is 2.22 bits per heavy atom. The molecule has 1 aliphatic heterocycles. The highest BCUT2D eigenvalue weighted by atomic mass is 32.1. The zero-order valence-electron chi connectivity index (χ0n) is 13.4. The van der Waals surface area contributed by atoms with E-state index in [0.29, 0.717) is 10.9 Å². The highest BCUT2D eigenvalue weighted by molar-refractivity contribution is 7.15. The molecule has 0 bridgehead atoms. The number of nitrogens with zero attached hydrogens (tertiary/aromatic N) is 2. The van der Waals surface area contributed by atoms with Crippen LogP contribution in [0, 0.1) is 0 Å². The Morgan fingerprint density at radius 3 is 2.96 bits per heavy atom. The number of benzene rings is 1. The van der Waals surface area contributed by atoms with Crippen molar-refractivity contribution in [2.45, 2.75) is 32.9 Å². The Labute approximate surface area is 140 Å². The number of carbonyl (C=O) groups excluding carboxylic acids is 1. The van der Waals surface area contributed by atoms with Crippen LogP contribution in [0.15, 0.2) is 30.3 Å². The number of carbonyl (C=O) groups is 1. The van der Waals surface area contributed by atoms with Crippen LogP contribution in [-0.2, 0) is 17.8 Å². The minimum atomic E-state index is -0.564. The maximum absolute atomic E-state index is 12.3. The Bertz CT molecular complexity index is 672. The molecule has 122 valence electrons. The number of hydrogen-bond donors (Lipinski definition) is 1. The van der Waals surface area contributed by atoms with Crippen LogP contribution in [0.3, 0.4) is 0 Å². The Balaban J connectivity index is 1.61. The van der Waals surface area contributed by atoms with E-state index in [1.54, 1.807) is 18.3 Å². The molecule has 0 saturated heterocycles. The van der Waals surface area contributed by atoms with E-state index in [1.165, 1.54) is 4.88 Å². The number of rotatable bonds is 5. The van der Waals surface area contributed by atoms with Gasteiger partial charge >= 0.3 is 0 Å². The molecule has 1 amide bonds. The lowest BCUT2D eigenvalue weighted by Crippen LogP contribution is -2.30. The predicted molar refractivity (Wildman–Crippen MR) is 91.9 cm³/mol. The van der Waals surface area contributed by atoms with E-state index in [2.05, 4.69) is 22.1 Å². The number of thiazole rings is 1. The van der Waals surface area contributed by atoms with Gasteiger partial charge in [0.1, 0.15) is 5.75 Å². The number of anilines is 1. The van der Waals surface area contributed by atoms with Gasteiger partial charge in [0, 0.05) is 24.4 Å². The fraction of sp³-hybridized carbons (Fsp3) is 0.412. The summed E-state index contributed by atoms with van der Waals surface area (Å²) in [5.74, 6) is 0.513. The second-order valence-electron chi connectivity index (χ2n) is 5.57. The third-order valence-electron chi connectivity index (χ3n) is 3.91. The zero-order chi connectivity index (χ0) is 16.2. The molecule has 6 heteroatoms. The Morgan fingerprint density at radius 1 is 1.43 bits per heavy atom. The van der Waals surface area contributed by atoms with Crippen molar-refractivity contribution in [2.75, 3.05) is 18.4 Å². The third-order valence-corrected chi connectivity index (χ3v) is 4.91. The molecule has 1 aromatic carbocycles.